The third-order valence-electron chi connectivity index (χ3n) is 3.61. The number of nitrogens with zero attached hydrogens (tertiary/aromatic N) is 1. The molecule has 0 bridgehead atoms. The minimum absolute atomic E-state index is 0.0788. The van der Waals surface area contributed by atoms with E-state index in [1.54, 1.807) is 25.1 Å². The highest BCUT2D eigenvalue weighted by molar-refractivity contribution is 7.89. The Morgan fingerprint density at radius 3 is 2.36 bits per heavy atom. The van der Waals surface area contributed by atoms with Gasteiger partial charge in [-0.05, 0) is 48.9 Å². The molecule has 2 aromatic rings. The van der Waals surface area contributed by atoms with E-state index in [-0.39, 0.29) is 17.5 Å². The van der Waals surface area contributed by atoms with E-state index in [1.165, 1.54) is 31.3 Å². The largest absolute Gasteiger partial charge is 0.348 e. The lowest BCUT2D eigenvalue weighted by molar-refractivity contribution is -0.121. The van der Waals surface area contributed by atoms with Crippen LogP contribution in [-0.2, 0) is 14.8 Å². The van der Waals surface area contributed by atoms with E-state index >= 15 is 0 Å². The Hall–Kier alpha value is -1.60. The molecule has 2 aromatic carbocycles. The maximum Gasteiger partial charge on any atom is 0.243 e. The molecule has 0 aliphatic rings. The van der Waals surface area contributed by atoms with Crippen LogP contribution >= 0.6 is 23.2 Å². The Balaban J connectivity index is 2.03. The van der Waals surface area contributed by atoms with E-state index in [0.717, 1.165) is 9.87 Å². The van der Waals surface area contributed by atoms with Gasteiger partial charge in [0, 0.05) is 17.1 Å². The second-order valence-corrected chi connectivity index (χ2v) is 8.48. The quantitative estimate of drug-likeness (QED) is 0.806. The number of sulfonamides is 1. The van der Waals surface area contributed by atoms with E-state index in [1.807, 2.05) is 6.07 Å². The molecule has 0 radical (unpaired) electrons. The van der Waals surface area contributed by atoms with E-state index < -0.39 is 15.9 Å². The van der Waals surface area contributed by atoms with Gasteiger partial charge in [0.15, 0.2) is 0 Å². The van der Waals surface area contributed by atoms with Crippen LogP contribution in [0.15, 0.2) is 53.4 Å². The molecule has 1 unspecified atom stereocenters. The van der Waals surface area contributed by atoms with Gasteiger partial charge in [-0.2, -0.15) is 4.31 Å². The summed E-state index contributed by atoms with van der Waals surface area (Å²) in [5.74, 6) is -0.410. The Bertz CT molecular complexity index is 854. The van der Waals surface area contributed by atoms with Crippen molar-refractivity contribution >= 4 is 39.1 Å². The lowest BCUT2D eigenvalue weighted by Crippen LogP contribution is -2.39. The zero-order chi connectivity index (χ0) is 18.6. The summed E-state index contributed by atoms with van der Waals surface area (Å²) < 4.78 is 25.9. The molecule has 0 saturated carbocycles. The van der Waals surface area contributed by atoms with Crippen molar-refractivity contribution in [3.63, 3.8) is 0 Å². The number of nitrogens with one attached hydrogen (secondary N) is 1. The van der Waals surface area contributed by atoms with Crippen LogP contribution in [0.4, 0.5) is 0 Å². The normalized spacial score (nSPS) is 12.8. The van der Waals surface area contributed by atoms with Crippen molar-refractivity contribution in [1.29, 1.82) is 0 Å². The Kier molecular flexibility index (Phi) is 6.46. The van der Waals surface area contributed by atoms with Gasteiger partial charge >= 0.3 is 0 Å². The minimum atomic E-state index is -3.77. The molecule has 0 fully saturated rings. The van der Waals surface area contributed by atoms with E-state index in [9.17, 15) is 13.2 Å². The van der Waals surface area contributed by atoms with Crippen LogP contribution in [0.5, 0.6) is 0 Å². The van der Waals surface area contributed by atoms with Crippen molar-refractivity contribution in [1.82, 2.24) is 9.62 Å². The molecule has 0 aliphatic heterocycles. The SMILES string of the molecule is CC(NC(=O)CN(C)S(=O)(=O)c1ccc(Cl)cc1)c1cccc(Cl)c1. The fourth-order valence-electron chi connectivity index (χ4n) is 2.22. The summed E-state index contributed by atoms with van der Waals surface area (Å²) in [7, 11) is -2.41. The van der Waals surface area contributed by atoms with Crippen LogP contribution in [0.25, 0.3) is 0 Å². The van der Waals surface area contributed by atoms with Gasteiger partial charge in [-0.3, -0.25) is 4.79 Å². The Morgan fingerprint density at radius 2 is 1.76 bits per heavy atom. The van der Waals surface area contributed by atoms with Gasteiger partial charge in [0.05, 0.1) is 17.5 Å². The molecule has 8 heteroatoms. The first-order valence-electron chi connectivity index (χ1n) is 7.47. The van der Waals surface area contributed by atoms with Gasteiger partial charge in [-0.25, -0.2) is 8.42 Å². The molecule has 2 rings (SSSR count). The molecule has 0 saturated heterocycles. The zero-order valence-electron chi connectivity index (χ0n) is 13.7. The predicted molar refractivity (Wildman–Crippen MR) is 99.3 cm³/mol. The van der Waals surface area contributed by atoms with Crippen LogP contribution in [0.2, 0.25) is 10.0 Å². The van der Waals surface area contributed by atoms with Crippen molar-refractivity contribution in [2.45, 2.75) is 17.9 Å². The van der Waals surface area contributed by atoms with Crippen molar-refractivity contribution < 1.29 is 13.2 Å². The molecular formula is C17H18Cl2N2O3S. The summed E-state index contributed by atoms with van der Waals surface area (Å²) in [5, 5.41) is 3.77. The molecule has 25 heavy (non-hydrogen) atoms. The Morgan fingerprint density at radius 1 is 1.12 bits per heavy atom. The van der Waals surface area contributed by atoms with Crippen molar-refractivity contribution in [3.8, 4) is 0 Å². The monoisotopic (exact) mass is 400 g/mol. The number of hydrogen-bond donors (Lipinski definition) is 1. The third-order valence-corrected chi connectivity index (χ3v) is 5.92. The number of benzene rings is 2. The highest BCUT2D eigenvalue weighted by Crippen LogP contribution is 2.19. The summed E-state index contributed by atoms with van der Waals surface area (Å²) in [6, 6.07) is 12.6. The molecule has 0 aliphatic carbocycles. The minimum Gasteiger partial charge on any atom is -0.348 e. The summed E-state index contributed by atoms with van der Waals surface area (Å²) in [6.07, 6.45) is 0. The number of halogens is 2. The zero-order valence-corrected chi connectivity index (χ0v) is 16.1. The van der Waals surface area contributed by atoms with Crippen LogP contribution in [-0.4, -0.2) is 32.2 Å². The summed E-state index contributed by atoms with van der Waals surface area (Å²) >= 11 is 11.7. The van der Waals surface area contributed by atoms with Crippen molar-refractivity contribution in [2.24, 2.45) is 0 Å². The second kappa shape index (κ2) is 8.19. The van der Waals surface area contributed by atoms with Crippen molar-refractivity contribution in [3.05, 3.63) is 64.1 Å². The number of carbonyl (C=O) groups excluding carboxylic acids is 1. The van der Waals surface area contributed by atoms with Gasteiger partial charge in [0.25, 0.3) is 0 Å². The number of carbonyl (C=O) groups is 1. The standard InChI is InChI=1S/C17H18Cl2N2O3S/c1-12(13-4-3-5-15(19)10-13)20-17(22)11-21(2)25(23,24)16-8-6-14(18)7-9-16/h3-10,12H,11H2,1-2H3,(H,20,22). The van der Waals surface area contributed by atoms with Crippen LogP contribution in [0.1, 0.15) is 18.5 Å². The molecule has 0 heterocycles. The highest BCUT2D eigenvalue weighted by Gasteiger charge is 2.23. The Labute approximate surface area is 157 Å². The molecule has 0 spiro atoms. The molecule has 1 atom stereocenters. The third kappa shape index (κ3) is 5.19. The topological polar surface area (TPSA) is 66.5 Å². The molecular weight excluding hydrogens is 383 g/mol. The molecule has 1 amide bonds. The average Bonchev–Trinajstić information content (AvgIpc) is 2.55. The predicted octanol–water partition coefficient (Wildman–Crippen LogP) is 3.49. The summed E-state index contributed by atoms with van der Waals surface area (Å²) in [6.45, 7) is 1.51. The fraction of sp³-hybridized carbons (Fsp3) is 0.235. The maximum absolute atomic E-state index is 12.5. The number of likely N-dealkylation sites (N-methyl/N-ethyl adjacent to an activating group) is 1. The molecule has 5 nitrogen and oxygen atoms in total. The lowest BCUT2D eigenvalue weighted by atomic mass is 10.1. The van der Waals surface area contributed by atoms with Crippen LogP contribution in [0, 0.1) is 0 Å². The smallest absolute Gasteiger partial charge is 0.243 e. The van der Waals surface area contributed by atoms with Crippen LogP contribution in [0.3, 0.4) is 0 Å². The number of hydrogen-bond acceptors (Lipinski definition) is 3. The van der Waals surface area contributed by atoms with E-state index in [0.29, 0.717) is 10.0 Å². The van der Waals surface area contributed by atoms with E-state index in [2.05, 4.69) is 5.32 Å². The van der Waals surface area contributed by atoms with E-state index in [4.69, 9.17) is 23.2 Å². The first-order valence-corrected chi connectivity index (χ1v) is 9.66. The van der Waals surface area contributed by atoms with Gasteiger partial charge in [-0.15, -0.1) is 0 Å². The highest BCUT2D eigenvalue weighted by atomic mass is 35.5. The van der Waals surface area contributed by atoms with Crippen molar-refractivity contribution in [2.75, 3.05) is 13.6 Å². The average molecular weight is 401 g/mol. The molecule has 1 N–H and O–H groups in total. The molecule has 134 valence electrons. The van der Waals surface area contributed by atoms with Gasteiger partial charge in [-0.1, -0.05) is 35.3 Å². The number of rotatable bonds is 6. The summed E-state index contributed by atoms with van der Waals surface area (Å²) in [4.78, 5) is 12.3. The van der Waals surface area contributed by atoms with Gasteiger partial charge in [0.1, 0.15) is 0 Å². The first-order chi connectivity index (χ1) is 11.7. The number of amides is 1. The van der Waals surface area contributed by atoms with Gasteiger partial charge in [0.2, 0.25) is 15.9 Å². The maximum atomic E-state index is 12.5. The first kappa shape index (κ1) is 19.7. The summed E-state index contributed by atoms with van der Waals surface area (Å²) in [5.41, 5.74) is 0.837. The van der Waals surface area contributed by atoms with Crippen LogP contribution < -0.4 is 5.32 Å². The fourth-order valence-corrected chi connectivity index (χ4v) is 3.67. The second-order valence-electron chi connectivity index (χ2n) is 5.56. The van der Waals surface area contributed by atoms with Gasteiger partial charge < -0.3 is 5.32 Å². The molecule has 0 aromatic heterocycles. The lowest BCUT2D eigenvalue weighted by Gasteiger charge is -2.19.